The zero-order valence-electron chi connectivity index (χ0n) is 16.0. The number of carbonyl (C=O) groups is 2. The quantitative estimate of drug-likeness (QED) is 0.755. The van der Waals surface area contributed by atoms with Crippen molar-refractivity contribution in [2.24, 2.45) is 11.3 Å². The van der Waals surface area contributed by atoms with Gasteiger partial charge in [0.2, 0.25) is 5.91 Å². The Bertz CT molecular complexity index is 600. The van der Waals surface area contributed by atoms with Crippen molar-refractivity contribution in [3.63, 3.8) is 0 Å². The second-order valence-corrected chi connectivity index (χ2v) is 7.79. The van der Waals surface area contributed by atoms with Gasteiger partial charge in [-0.05, 0) is 37.6 Å². The molecule has 1 aromatic rings. The van der Waals surface area contributed by atoms with Gasteiger partial charge in [0, 0.05) is 13.1 Å². The summed E-state index contributed by atoms with van der Waals surface area (Å²) in [6.45, 7) is 9.13. The van der Waals surface area contributed by atoms with Crippen molar-refractivity contribution in [3.8, 4) is 0 Å². The Morgan fingerprint density at radius 2 is 1.80 bits per heavy atom. The maximum absolute atomic E-state index is 13.8. The Morgan fingerprint density at radius 1 is 1.20 bits per heavy atom. The van der Waals surface area contributed by atoms with E-state index in [4.69, 9.17) is 0 Å². The summed E-state index contributed by atoms with van der Waals surface area (Å²) >= 11 is 0. The number of rotatable bonds is 8. The van der Waals surface area contributed by atoms with E-state index in [1.54, 1.807) is 6.07 Å². The zero-order valence-corrected chi connectivity index (χ0v) is 16.0. The molecular weight excluding hydrogens is 321 g/mol. The van der Waals surface area contributed by atoms with Gasteiger partial charge in [0.05, 0.1) is 5.56 Å². The number of amides is 2. The molecule has 25 heavy (non-hydrogen) atoms. The van der Waals surface area contributed by atoms with Gasteiger partial charge in [-0.2, -0.15) is 0 Å². The van der Waals surface area contributed by atoms with Crippen LogP contribution in [-0.4, -0.2) is 49.9 Å². The van der Waals surface area contributed by atoms with Crippen LogP contribution in [0.3, 0.4) is 0 Å². The fraction of sp³-hybridized carbons (Fsp3) is 0.579. The minimum absolute atomic E-state index is 0.0612. The van der Waals surface area contributed by atoms with Gasteiger partial charge in [-0.25, -0.2) is 4.39 Å². The van der Waals surface area contributed by atoms with E-state index in [-0.39, 0.29) is 22.8 Å². The molecule has 2 N–H and O–H groups in total. The highest BCUT2D eigenvalue weighted by Crippen LogP contribution is 2.15. The van der Waals surface area contributed by atoms with Crippen molar-refractivity contribution in [2.75, 3.05) is 27.2 Å². The number of benzene rings is 1. The van der Waals surface area contributed by atoms with Crippen LogP contribution in [0.25, 0.3) is 0 Å². The molecule has 0 aliphatic rings. The topological polar surface area (TPSA) is 61.4 Å². The maximum Gasteiger partial charge on any atom is 0.254 e. The van der Waals surface area contributed by atoms with E-state index >= 15 is 0 Å². The Kier molecular flexibility index (Phi) is 7.55. The Morgan fingerprint density at radius 3 is 2.32 bits per heavy atom. The molecule has 0 saturated heterocycles. The third-order valence-corrected chi connectivity index (χ3v) is 3.84. The van der Waals surface area contributed by atoms with Crippen LogP contribution < -0.4 is 10.6 Å². The van der Waals surface area contributed by atoms with Crippen molar-refractivity contribution < 1.29 is 14.0 Å². The second kappa shape index (κ2) is 8.94. The number of hydrogen-bond acceptors (Lipinski definition) is 3. The van der Waals surface area contributed by atoms with Crippen LogP contribution in [0.1, 0.15) is 38.1 Å². The molecule has 0 aliphatic heterocycles. The van der Waals surface area contributed by atoms with Gasteiger partial charge in [0.1, 0.15) is 11.9 Å². The van der Waals surface area contributed by atoms with Crippen molar-refractivity contribution in [2.45, 2.75) is 33.7 Å². The van der Waals surface area contributed by atoms with Crippen LogP contribution in [0, 0.1) is 17.2 Å². The van der Waals surface area contributed by atoms with Crippen LogP contribution in [0.4, 0.5) is 4.39 Å². The average molecular weight is 351 g/mol. The molecule has 0 radical (unpaired) electrons. The normalized spacial score (nSPS) is 13.0. The fourth-order valence-electron chi connectivity index (χ4n) is 2.75. The Labute approximate surface area is 150 Å². The van der Waals surface area contributed by atoms with E-state index in [1.807, 2.05) is 27.9 Å². The fourth-order valence-corrected chi connectivity index (χ4v) is 2.75. The summed E-state index contributed by atoms with van der Waals surface area (Å²) in [7, 11) is 3.96. The highest BCUT2D eigenvalue weighted by molar-refractivity contribution is 5.97. The molecule has 5 nitrogen and oxygen atoms in total. The minimum Gasteiger partial charge on any atom is -0.354 e. The molecule has 1 aromatic carbocycles. The second-order valence-electron chi connectivity index (χ2n) is 7.79. The van der Waals surface area contributed by atoms with E-state index in [9.17, 15) is 14.0 Å². The molecule has 1 unspecified atom stereocenters. The van der Waals surface area contributed by atoms with E-state index < -0.39 is 17.8 Å². The van der Waals surface area contributed by atoms with Crippen LogP contribution in [-0.2, 0) is 4.79 Å². The van der Waals surface area contributed by atoms with Crippen molar-refractivity contribution in [1.82, 2.24) is 15.5 Å². The molecule has 1 atom stereocenters. The lowest BCUT2D eigenvalue weighted by molar-refractivity contribution is -0.124. The molecule has 0 fully saturated rings. The minimum atomic E-state index is -0.720. The largest absolute Gasteiger partial charge is 0.354 e. The van der Waals surface area contributed by atoms with Crippen molar-refractivity contribution in [3.05, 3.63) is 35.6 Å². The molecule has 0 aromatic heterocycles. The molecule has 0 heterocycles. The van der Waals surface area contributed by atoms with E-state index in [2.05, 4.69) is 29.4 Å². The van der Waals surface area contributed by atoms with Gasteiger partial charge < -0.3 is 15.5 Å². The summed E-state index contributed by atoms with van der Waals surface area (Å²) in [5.74, 6) is -1.56. The van der Waals surface area contributed by atoms with Gasteiger partial charge in [-0.3, -0.25) is 9.59 Å². The first kappa shape index (κ1) is 21.1. The number of nitrogens with one attached hydrogen (secondary N) is 2. The van der Waals surface area contributed by atoms with Crippen LogP contribution in [0.5, 0.6) is 0 Å². The SMILES string of the molecule is CC(C)C(NC(=O)c1ccccc1F)C(=O)NCC(C)(C)CN(C)C. The molecular formula is C19H30FN3O2. The van der Waals surface area contributed by atoms with Gasteiger partial charge in [-0.15, -0.1) is 0 Å². The predicted octanol–water partition coefficient (Wildman–Crippen LogP) is 2.28. The summed E-state index contributed by atoms with van der Waals surface area (Å²) in [4.78, 5) is 26.9. The summed E-state index contributed by atoms with van der Waals surface area (Å²) in [6.07, 6.45) is 0. The number of halogens is 1. The van der Waals surface area contributed by atoms with Gasteiger partial charge >= 0.3 is 0 Å². The molecule has 6 heteroatoms. The lowest BCUT2D eigenvalue weighted by atomic mass is 9.92. The number of hydrogen-bond donors (Lipinski definition) is 2. The summed E-state index contributed by atoms with van der Waals surface area (Å²) in [6, 6.07) is 5.02. The smallest absolute Gasteiger partial charge is 0.254 e. The summed E-state index contributed by atoms with van der Waals surface area (Å²) < 4.78 is 13.8. The van der Waals surface area contributed by atoms with E-state index in [1.165, 1.54) is 18.2 Å². The zero-order chi connectivity index (χ0) is 19.2. The molecule has 0 aliphatic carbocycles. The maximum atomic E-state index is 13.8. The standard InChI is InChI=1S/C19H30FN3O2/c1-13(2)16(18(25)21-11-19(3,4)12-23(5)6)22-17(24)14-9-7-8-10-15(14)20/h7-10,13,16H,11-12H2,1-6H3,(H,21,25)(H,22,24). The van der Waals surface area contributed by atoms with Crippen LogP contribution >= 0.6 is 0 Å². The lowest BCUT2D eigenvalue weighted by Gasteiger charge is -2.30. The van der Waals surface area contributed by atoms with E-state index in [0.29, 0.717) is 6.54 Å². The van der Waals surface area contributed by atoms with Crippen molar-refractivity contribution in [1.29, 1.82) is 0 Å². The predicted molar refractivity (Wildman–Crippen MR) is 97.8 cm³/mol. The van der Waals surface area contributed by atoms with Gasteiger partial charge in [-0.1, -0.05) is 39.8 Å². The first-order valence-corrected chi connectivity index (χ1v) is 8.51. The Hall–Kier alpha value is -1.95. The Balaban J connectivity index is 2.75. The van der Waals surface area contributed by atoms with Gasteiger partial charge in [0.25, 0.3) is 5.91 Å². The van der Waals surface area contributed by atoms with Gasteiger partial charge in [0.15, 0.2) is 0 Å². The molecule has 1 rings (SSSR count). The van der Waals surface area contributed by atoms with E-state index in [0.717, 1.165) is 6.54 Å². The molecule has 2 amide bonds. The highest BCUT2D eigenvalue weighted by Gasteiger charge is 2.27. The highest BCUT2D eigenvalue weighted by atomic mass is 19.1. The molecule has 0 saturated carbocycles. The first-order chi connectivity index (χ1) is 11.5. The third kappa shape index (κ3) is 6.82. The molecule has 140 valence electrons. The average Bonchev–Trinajstić information content (AvgIpc) is 2.49. The van der Waals surface area contributed by atoms with Crippen LogP contribution in [0.15, 0.2) is 24.3 Å². The number of carbonyl (C=O) groups excluding carboxylic acids is 2. The molecule has 0 bridgehead atoms. The van der Waals surface area contributed by atoms with Crippen LogP contribution in [0.2, 0.25) is 0 Å². The summed E-state index contributed by atoms with van der Waals surface area (Å²) in [5, 5.41) is 5.56. The third-order valence-electron chi connectivity index (χ3n) is 3.84. The lowest BCUT2D eigenvalue weighted by Crippen LogP contribution is -2.52. The van der Waals surface area contributed by atoms with Crippen molar-refractivity contribution >= 4 is 11.8 Å². The summed E-state index contributed by atoms with van der Waals surface area (Å²) in [5.41, 5.74) is -0.162. The monoisotopic (exact) mass is 351 g/mol. The molecule has 0 spiro atoms. The first-order valence-electron chi connectivity index (χ1n) is 8.51. The number of nitrogens with zero attached hydrogens (tertiary/aromatic N) is 1.